The molecule has 4 unspecified atom stereocenters. The Kier molecular flexibility index (Phi) is 78.5. The first-order chi connectivity index (χ1) is 5.13. The van der Waals surface area contributed by atoms with Crippen LogP contribution in [0, 0.1) is 52.9 Å². The summed E-state index contributed by atoms with van der Waals surface area (Å²) in [5.74, 6) is 3.85. The van der Waals surface area contributed by atoms with Gasteiger partial charge in [-0.1, -0.05) is 35.1 Å². The molecule has 1 saturated carbocycles. The Hall–Kier alpha value is 3.31. The topological polar surface area (TPSA) is 0 Å². The fraction of sp³-hybridized carbons (Fsp3) is 0.733. The minimum Gasteiger partial charge on any atom is -0.358 e. The monoisotopic (exact) mass is 483 g/mol. The Morgan fingerprint density at radius 1 is 0.722 bits per heavy atom. The largest absolute Gasteiger partial charge is 3.00 e. The van der Waals surface area contributed by atoms with Crippen LogP contribution in [-0.2, 0) is 98.1 Å². The molecule has 4 atom stereocenters. The van der Waals surface area contributed by atoms with Crippen molar-refractivity contribution >= 4 is 0 Å². The van der Waals surface area contributed by atoms with Crippen LogP contribution in [0.25, 0.3) is 0 Å². The van der Waals surface area contributed by atoms with Crippen molar-refractivity contribution in [2.45, 2.75) is 48.5 Å². The summed E-state index contributed by atoms with van der Waals surface area (Å²) < 4.78 is 0. The molecule has 0 bridgehead atoms. The second-order valence-corrected chi connectivity index (χ2v) is 3.91. The summed E-state index contributed by atoms with van der Waals surface area (Å²) in [6, 6.07) is 0. The van der Waals surface area contributed by atoms with Gasteiger partial charge in [0.15, 0.2) is 0 Å². The standard InChI is InChI=1S/C9H18.C2H5.CH4.3CH3.3Y/c1-6-5-7(2)9(4)8(6)3;1-2;;;;;;;/h6-9H,5H2,1-4H3;1H2,2H3;1H4;3*1H3;;;/q;-1;;3*-1;;;+3. The van der Waals surface area contributed by atoms with Crippen LogP contribution in [0.5, 0.6) is 0 Å². The van der Waals surface area contributed by atoms with Gasteiger partial charge in [-0.25, -0.2) is 0 Å². The maximum absolute atomic E-state index is 3.25. The van der Waals surface area contributed by atoms with Gasteiger partial charge in [-0.05, 0) is 30.1 Å². The zero-order valence-corrected chi connectivity index (χ0v) is 22.0. The van der Waals surface area contributed by atoms with E-state index in [1.54, 1.807) is 6.92 Å². The van der Waals surface area contributed by atoms with Crippen LogP contribution >= 0.6 is 0 Å². The number of hydrogen-bond acceptors (Lipinski definition) is 0. The van der Waals surface area contributed by atoms with Crippen molar-refractivity contribution in [1.82, 2.24) is 0 Å². The second kappa shape index (κ2) is 28.5. The normalized spacial score (nSPS) is 26.3. The van der Waals surface area contributed by atoms with Crippen LogP contribution < -0.4 is 0 Å². The van der Waals surface area contributed by atoms with E-state index in [1.165, 1.54) is 6.42 Å². The molecule has 0 aromatic carbocycles. The molecular weight excluding hydrogens is 447 g/mol. The fourth-order valence-electron chi connectivity index (χ4n) is 2.05. The Morgan fingerprint density at radius 3 is 0.944 bits per heavy atom. The summed E-state index contributed by atoms with van der Waals surface area (Å²) in [4.78, 5) is 0. The van der Waals surface area contributed by atoms with Crippen LogP contribution in [0.1, 0.15) is 48.5 Å². The smallest absolute Gasteiger partial charge is 0.358 e. The fourth-order valence-corrected chi connectivity index (χ4v) is 2.05. The van der Waals surface area contributed by atoms with Gasteiger partial charge in [-0.2, -0.15) is 6.92 Å². The molecule has 0 saturated heterocycles. The van der Waals surface area contributed by atoms with Crippen molar-refractivity contribution in [2.75, 3.05) is 0 Å². The molecule has 1 aliphatic rings. The summed E-state index contributed by atoms with van der Waals surface area (Å²) in [7, 11) is 0. The van der Waals surface area contributed by atoms with Gasteiger partial charge in [0.25, 0.3) is 0 Å². The van der Waals surface area contributed by atoms with Gasteiger partial charge in [0.1, 0.15) is 0 Å². The number of rotatable bonds is 0. The maximum Gasteiger partial charge on any atom is 3.00 e. The van der Waals surface area contributed by atoms with Crippen molar-refractivity contribution in [2.24, 2.45) is 23.7 Å². The van der Waals surface area contributed by atoms with Crippen molar-refractivity contribution in [1.29, 1.82) is 0 Å². The van der Waals surface area contributed by atoms with Gasteiger partial charge in [0.05, 0.1) is 0 Å². The Bertz CT molecular complexity index is 95.9. The van der Waals surface area contributed by atoms with Gasteiger partial charge >= 0.3 is 32.7 Å². The molecule has 2 radical (unpaired) electrons. The third kappa shape index (κ3) is 17.4. The first-order valence-corrected chi connectivity index (χ1v) is 4.83. The molecule has 1 aliphatic carbocycles. The van der Waals surface area contributed by atoms with E-state index < -0.39 is 0 Å². The molecule has 0 aliphatic heterocycles. The summed E-state index contributed by atoms with van der Waals surface area (Å²) in [5, 5.41) is 0. The molecule has 0 nitrogen and oxygen atoms in total. The first-order valence-electron chi connectivity index (χ1n) is 4.83. The van der Waals surface area contributed by atoms with Crippen LogP contribution in [0.2, 0.25) is 0 Å². The first kappa shape index (κ1) is 49.6. The van der Waals surface area contributed by atoms with Crippen LogP contribution in [0.4, 0.5) is 0 Å². The molecule has 3 heteroatoms. The molecule has 1 fully saturated rings. The zero-order valence-electron chi connectivity index (χ0n) is 13.5. The SMILES string of the molecule is C.CC1CC(C)C(C)C1C.[CH2-]C.[CH3-].[CH3-].[CH3-].[Y+3].[Y].[Y]. The molecular formula is C15H36Y3-. The Balaban J connectivity index is -0.0000000177. The second-order valence-electron chi connectivity index (χ2n) is 3.91. The predicted octanol–water partition coefficient (Wildman–Crippen LogP) is 5.75. The molecule has 0 heterocycles. The molecule has 0 aromatic heterocycles. The van der Waals surface area contributed by atoms with E-state index in [-0.39, 0.29) is 128 Å². The maximum atomic E-state index is 3.25. The van der Waals surface area contributed by atoms with Gasteiger partial charge < -0.3 is 29.2 Å². The van der Waals surface area contributed by atoms with E-state index in [0.717, 1.165) is 23.7 Å². The van der Waals surface area contributed by atoms with E-state index in [1.807, 2.05) is 0 Å². The third-order valence-electron chi connectivity index (χ3n) is 3.37. The van der Waals surface area contributed by atoms with Crippen LogP contribution in [-0.4, -0.2) is 0 Å². The third-order valence-corrected chi connectivity index (χ3v) is 3.37. The van der Waals surface area contributed by atoms with E-state index >= 15 is 0 Å². The van der Waals surface area contributed by atoms with Crippen molar-refractivity contribution in [3.63, 3.8) is 0 Å². The van der Waals surface area contributed by atoms with Gasteiger partial charge in [0, 0.05) is 65.4 Å². The van der Waals surface area contributed by atoms with Gasteiger partial charge in [0.2, 0.25) is 0 Å². The minimum absolute atomic E-state index is 0. The van der Waals surface area contributed by atoms with Crippen molar-refractivity contribution in [3.05, 3.63) is 29.2 Å². The molecule has 18 heavy (non-hydrogen) atoms. The van der Waals surface area contributed by atoms with E-state index in [0.29, 0.717) is 0 Å². The average Bonchev–Trinajstić information content (AvgIpc) is 2.22. The Morgan fingerprint density at radius 2 is 0.889 bits per heavy atom. The van der Waals surface area contributed by atoms with E-state index in [9.17, 15) is 0 Å². The summed E-state index contributed by atoms with van der Waals surface area (Å²) in [5.41, 5.74) is 0. The van der Waals surface area contributed by atoms with Crippen molar-refractivity contribution < 1.29 is 98.1 Å². The molecule has 0 amide bonds. The molecule has 106 valence electrons. The van der Waals surface area contributed by atoms with Gasteiger partial charge in [-0.3, -0.25) is 0 Å². The molecule has 0 aromatic rings. The Labute approximate surface area is 196 Å². The molecule has 0 N–H and O–H groups in total. The summed E-state index contributed by atoms with van der Waals surface area (Å²) >= 11 is 0. The van der Waals surface area contributed by atoms with E-state index in [2.05, 4.69) is 34.6 Å². The molecule has 1 rings (SSSR count). The molecule has 0 spiro atoms. The van der Waals surface area contributed by atoms with Crippen LogP contribution in [0.3, 0.4) is 0 Å². The summed E-state index contributed by atoms with van der Waals surface area (Å²) in [6.07, 6.45) is 1.45. The van der Waals surface area contributed by atoms with Crippen molar-refractivity contribution in [3.8, 4) is 0 Å². The summed E-state index contributed by atoms with van der Waals surface area (Å²) in [6.45, 7) is 14.5. The van der Waals surface area contributed by atoms with Gasteiger partial charge in [-0.15, -0.1) is 0 Å². The minimum atomic E-state index is 0. The van der Waals surface area contributed by atoms with Crippen LogP contribution in [0.15, 0.2) is 0 Å². The van der Waals surface area contributed by atoms with E-state index in [4.69, 9.17) is 0 Å². The zero-order chi connectivity index (χ0) is 9.02. The quantitative estimate of drug-likeness (QED) is 0.385. The predicted molar refractivity (Wildman–Crippen MR) is 78.3 cm³/mol. The number of hydrogen-bond donors (Lipinski definition) is 0. The average molecular weight is 483 g/mol.